The second kappa shape index (κ2) is 10.2. The lowest BCUT2D eigenvalue weighted by atomic mass is 10.00. The van der Waals surface area contributed by atoms with Crippen molar-refractivity contribution < 1.29 is 19.5 Å². The minimum absolute atomic E-state index is 0.209. The summed E-state index contributed by atoms with van der Waals surface area (Å²) in [5.41, 5.74) is 7.75. The van der Waals surface area contributed by atoms with Crippen LogP contribution in [0.2, 0.25) is 0 Å². The van der Waals surface area contributed by atoms with E-state index in [9.17, 15) is 19.5 Å². The number of carbonyl (C=O) groups excluding carboxylic acids is 2. The molecule has 164 valence electrons. The molecule has 0 aliphatic carbocycles. The Kier molecular flexibility index (Phi) is 8.00. The molecule has 2 rings (SSSR count). The van der Waals surface area contributed by atoms with E-state index in [0.29, 0.717) is 6.42 Å². The molecule has 0 radical (unpaired) electrons. The van der Waals surface area contributed by atoms with Crippen LogP contribution in [0.3, 0.4) is 0 Å². The van der Waals surface area contributed by atoms with Crippen LogP contribution in [0.25, 0.3) is 10.9 Å². The average Bonchev–Trinajstić information content (AvgIpc) is 3.07. The number of hydrogen-bond acceptors (Lipinski definition) is 4. The summed E-state index contributed by atoms with van der Waals surface area (Å²) in [5.74, 6) is -2.18. The first-order valence-corrected chi connectivity index (χ1v) is 10.2. The van der Waals surface area contributed by atoms with Crippen molar-refractivity contribution in [3.63, 3.8) is 0 Å². The number of hydrogen-bond donors (Lipinski definition) is 5. The molecule has 1 aromatic carbocycles. The predicted molar refractivity (Wildman–Crippen MR) is 116 cm³/mol. The maximum absolute atomic E-state index is 13.0. The predicted octanol–water partition coefficient (Wildman–Crippen LogP) is 1.79. The number of carbonyl (C=O) groups is 3. The molecule has 3 atom stereocenters. The summed E-state index contributed by atoms with van der Waals surface area (Å²) in [4.78, 5) is 40.2. The molecular formula is C22H32N4O4. The summed E-state index contributed by atoms with van der Waals surface area (Å²) in [7, 11) is 0. The molecule has 8 heteroatoms. The highest BCUT2D eigenvalue weighted by atomic mass is 16.4. The van der Waals surface area contributed by atoms with Gasteiger partial charge in [-0.05, 0) is 29.9 Å². The molecule has 0 fully saturated rings. The van der Waals surface area contributed by atoms with Gasteiger partial charge in [0.25, 0.3) is 0 Å². The van der Waals surface area contributed by atoms with Gasteiger partial charge in [0.1, 0.15) is 12.1 Å². The fourth-order valence-corrected chi connectivity index (χ4v) is 3.39. The number of carboxylic acids is 1. The SMILES string of the molecule is CC(C)CC(N)C(=O)NC(Cc1c[nH]c2ccccc12)C(=O)NC(C(=O)O)C(C)C. The number of H-pyrrole nitrogens is 1. The number of fused-ring (bicyclic) bond motifs is 1. The topological polar surface area (TPSA) is 137 Å². The second-order valence-electron chi connectivity index (χ2n) is 8.43. The van der Waals surface area contributed by atoms with Crippen molar-refractivity contribution in [1.82, 2.24) is 15.6 Å². The standard InChI is InChI=1S/C22H32N4O4/c1-12(2)9-16(23)20(27)25-18(21(28)26-19(13(3)4)22(29)30)10-14-11-24-17-8-6-5-7-15(14)17/h5-8,11-13,16,18-19,24H,9-10,23H2,1-4H3,(H,25,27)(H,26,28)(H,29,30). The number of carboxylic acid groups (broad SMARTS) is 1. The first-order valence-electron chi connectivity index (χ1n) is 10.2. The van der Waals surface area contributed by atoms with E-state index >= 15 is 0 Å². The Labute approximate surface area is 176 Å². The molecule has 0 aliphatic rings. The van der Waals surface area contributed by atoms with E-state index in [1.54, 1.807) is 20.0 Å². The van der Waals surface area contributed by atoms with Crippen molar-refractivity contribution in [2.45, 2.75) is 58.7 Å². The molecule has 3 unspecified atom stereocenters. The van der Waals surface area contributed by atoms with Crippen molar-refractivity contribution in [3.8, 4) is 0 Å². The number of nitrogens with one attached hydrogen (secondary N) is 3. The van der Waals surface area contributed by atoms with E-state index in [1.807, 2.05) is 38.1 Å². The number of benzene rings is 1. The van der Waals surface area contributed by atoms with Gasteiger partial charge in [0.2, 0.25) is 11.8 Å². The summed E-state index contributed by atoms with van der Waals surface area (Å²) in [6.07, 6.45) is 2.49. The summed E-state index contributed by atoms with van der Waals surface area (Å²) in [5, 5.41) is 15.6. The monoisotopic (exact) mass is 416 g/mol. The lowest BCUT2D eigenvalue weighted by molar-refractivity contribution is -0.143. The van der Waals surface area contributed by atoms with Crippen molar-refractivity contribution in [3.05, 3.63) is 36.0 Å². The first kappa shape index (κ1) is 23.4. The van der Waals surface area contributed by atoms with Crippen LogP contribution in [-0.4, -0.2) is 46.0 Å². The summed E-state index contributed by atoms with van der Waals surface area (Å²) < 4.78 is 0. The maximum Gasteiger partial charge on any atom is 0.326 e. The van der Waals surface area contributed by atoms with Gasteiger partial charge in [-0.2, -0.15) is 0 Å². The minimum atomic E-state index is -1.12. The zero-order valence-corrected chi connectivity index (χ0v) is 17.9. The fraction of sp³-hybridized carbons (Fsp3) is 0.500. The molecule has 6 N–H and O–H groups in total. The van der Waals surface area contributed by atoms with Gasteiger partial charge in [-0.3, -0.25) is 9.59 Å². The average molecular weight is 417 g/mol. The third kappa shape index (κ3) is 6.06. The number of nitrogens with two attached hydrogens (primary N) is 1. The molecule has 1 aromatic heterocycles. The van der Waals surface area contributed by atoms with Gasteiger partial charge in [0, 0.05) is 23.5 Å². The van der Waals surface area contributed by atoms with Gasteiger partial charge >= 0.3 is 5.97 Å². The highest BCUT2D eigenvalue weighted by molar-refractivity contribution is 5.93. The lowest BCUT2D eigenvalue weighted by Crippen LogP contribution is -2.56. The zero-order chi connectivity index (χ0) is 22.4. The quantitative estimate of drug-likeness (QED) is 0.402. The number of amides is 2. The molecule has 8 nitrogen and oxygen atoms in total. The first-order chi connectivity index (χ1) is 14.1. The van der Waals surface area contributed by atoms with Crippen LogP contribution < -0.4 is 16.4 Å². The smallest absolute Gasteiger partial charge is 0.326 e. The van der Waals surface area contributed by atoms with E-state index < -0.39 is 35.9 Å². The summed E-state index contributed by atoms with van der Waals surface area (Å²) in [6.45, 7) is 7.35. The molecule has 0 saturated heterocycles. The Morgan fingerprint density at radius 1 is 1.07 bits per heavy atom. The highest BCUT2D eigenvalue weighted by Gasteiger charge is 2.30. The Bertz CT molecular complexity index is 890. The number of aromatic nitrogens is 1. The van der Waals surface area contributed by atoms with Crippen LogP contribution in [0.15, 0.2) is 30.5 Å². The van der Waals surface area contributed by atoms with Crippen molar-refractivity contribution in [2.75, 3.05) is 0 Å². The third-order valence-electron chi connectivity index (χ3n) is 5.02. The third-order valence-corrected chi connectivity index (χ3v) is 5.02. The highest BCUT2D eigenvalue weighted by Crippen LogP contribution is 2.19. The molecule has 2 amide bonds. The van der Waals surface area contributed by atoms with Gasteiger partial charge < -0.3 is 26.5 Å². The van der Waals surface area contributed by atoms with Gasteiger partial charge in [-0.1, -0.05) is 45.9 Å². The van der Waals surface area contributed by atoms with Crippen LogP contribution in [0.4, 0.5) is 0 Å². The minimum Gasteiger partial charge on any atom is -0.480 e. The molecule has 0 aliphatic heterocycles. The molecular weight excluding hydrogens is 384 g/mol. The summed E-state index contributed by atoms with van der Waals surface area (Å²) >= 11 is 0. The van der Waals surface area contributed by atoms with Crippen LogP contribution in [-0.2, 0) is 20.8 Å². The normalized spacial score (nSPS) is 14.5. The van der Waals surface area contributed by atoms with Crippen LogP contribution in [0, 0.1) is 11.8 Å². The van der Waals surface area contributed by atoms with E-state index in [-0.39, 0.29) is 18.3 Å². The zero-order valence-electron chi connectivity index (χ0n) is 17.9. The Hall–Kier alpha value is -2.87. The Morgan fingerprint density at radius 3 is 2.33 bits per heavy atom. The lowest BCUT2D eigenvalue weighted by Gasteiger charge is -2.24. The Morgan fingerprint density at radius 2 is 1.73 bits per heavy atom. The fourth-order valence-electron chi connectivity index (χ4n) is 3.39. The molecule has 0 bridgehead atoms. The number of rotatable bonds is 10. The Balaban J connectivity index is 2.25. The van der Waals surface area contributed by atoms with Crippen molar-refractivity contribution in [1.29, 1.82) is 0 Å². The van der Waals surface area contributed by atoms with E-state index in [0.717, 1.165) is 16.5 Å². The number of aliphatic carboxylic acids is 1. The summed E-state index contributed by atoms with van der Waals surface area (Å²) in [6, 6.07) is 4.90. The van der Waals surface area contributed by atoms with Gasteiger partial charge in [0.15, 0.2) is 0 Å². The van der Waals surface area contributed by atoms with E-state index in [4.69, 9.17) is 5.73 Å². The van der Waals surface area contributed by atoms with Gasteiger partial charge in [-0.15, -0.1) is 0 Å². The molecule has 0 saturated carbocycles. The van der Waals surface area contributed by atoms with Crippen LogP contribution in [0.1, 0.15) is 39.7 Å². The molecule has 30 heavy (non-hydrogen) atoms. The molecule has 0 spiro atoms. The van der Waals surface area contributed by atoms with Gasteiger partial charge in [-0.25, -0.2) is 4.79 Å². The number of aromatic amines is 1. The van der Waals surface area contributed by atoms with E-state index in [2.05, 4.69) is 15.6 Å². The molecule has 1 heterocycles. The van der Waals surface area contributed by atoms with Crippen molar-refractivity contribution in [2.24, 2.45) is 17.6 Å². The molecule has 2 aromatic rings. The van der Waals surface area contributed by atoms with Crippen LogP contribution >= 0.6 is 0 Å². The maximum atomic E-state index is 13.0. The van der Waals surface area contributed by atoms with Crippen LogP contribution in [0.5, 0.6) is 0 Å². The number of para-hydroxylation sites is 1. The second-order valence-corrected chi connectivity index (χ2v) is 8.43. The largest absolute Gasteiger partial charge is 0.480 e. The van der Waals surface area contributed by atoms with E-state index in [1.165, 1.54) is 0 Å². The van der Waals surface area contributed by atoms with Gasteiger partial charge in [0.05, 0.1) is 6.04 Å². The van der Waals surface area contributed by atoms with Crippen molar-refractivity contribution >= 4 is 28.7 Å².